The van der Waals surface area contributed by atoms with E-state index in [-0.39, 0.29) is 5.91 Å². The Bertz CT molecular complexity index is 553. The second-order valence-corrected chi connectivity index (χ2v) is 5.90. The summed E-state index contributed by atoms with van der Waals surface area (Å²) in [4.78, 5) is 18.0. The zero-order chi connectivity index (χ0) is 14.1. The summed E-state index contributed by atoms with van der Waals surface area (Å²) in [5.41, 5.74) is 8.21. The second-order valence-electron chi connectivity index (χ2n) is 5.90. The number of aliphatic imine (C=N–C) groups is 1. The highest BCUT2D eigenvalue weighted by Crippen LogP contribution is 2.34. The van der Waals surface area contributed by atoms with Crippen LogP contribution in [0.1, 0.15) is 48.5 Å². The van der Waals surface area contributed by atoms with Crippen LogP contribution in [0, 0.1) is 5.92 Å². The van der Waals surface area contributed by atoms with Crippen molar-refractivity contribution >= 4 is 17.9 Å². The molecule has 3 rings (SSSR count). The van der Waals surface area contributed by atoms with Crippen molar-refractivity contribution in [3.63, 3.8) is 0 Å². The maximum Gasteiger partial charge on any atom is 0.248 e. The van der Waals surface area contributed by atoms with Crippen molar-refractivity contribution in [3.05, 3.63) is 29.3 Å². The molecule has 106 valence electrons. The van der Waals surface area contributed by atoms with E-state index in [1.807, 2.05) is 24.5 Å². The van der Waals surface area contributed by atoms with Crippen molar-refractivity contribution in [1.29, 1.82) is 0 Å². The Morgan fingerprint density at radius 3 is 2.90 bits per heavy atom. The number of rotatable bonds is 2. The largest absolute Gasteiger partial charge is 0.366 e. The van der Waals surface area contributed by atoms with Crippen molar-refractivity contribution in [2.24, 2.45) is 16.6 Å². The van der Waals surface area contributed by atoms with E-state index in [0.29, 0.717) is 24.1 Å². The van der Waals surface area contributed by atoms with E-state index in [0.717, 1.165) is 5.56 Å². The van der Waals surface area contributed by atoms with Gasteiger partial charge in [0.05, 0.1) is 12.9 Å². The zero-order valence-corrected chi connectivity index (χ0v) is 11.9. The van der Waals surface area contributed by atoms with Gasteiger partial charge in [0.25, 0.3) is 0 Å². The fourth-order valence-electron chi connectivity index (χ4n) is 3.38. The van der Waals surface area contributed by atoms with Crippen LogP contribution in [-0.4, -0.2) is 18.3 Å². The topological polar surface area (TPSA) is 58.7 Å². The summed E-state index contributed by atoms with van der Waals surface area (Å²) in [5, 5.41) is 0. The number of hydrogen-bond acceptors (Lipinski definition) is 3. The average molecular weight is 271 g/mol. The average Bonchev–Trinajstić information content (AvgIpc) is 2.46. The molecule has 2 atom stereocenters. The number of nitrogens with two attached hydrogens (primary N) is 1. The number of nitrogens with zero attached hydrogens (tertiary/aromatic N) is 2. The Balaban J connectivity index is 1.93. The number of fused-ring (bicyclic) bond motifs is 1. The quantitative estimate of drug-likeness (QED) is 0.899. The summed E-state index contributed by atoms with van der Waals surface area (Å²) >= 11 is 0. The molecule has 1 heterocycles. The van der Waals surface area contributed by atoms with Gasteiger partial charge >= 0.3 is 0 Å². The molecule has 0 aromatic heterocycles. The Morgan fingerprint density at radius 1 is 1.35 bits per heavy atom. The minimum Gasteiger partial charge on any atom is -0.366 e. The molecular formula is C16H21N3O. The van der Waals surface area contributed by atoms with E-state index in [4.69, 9.17) is 5.73 Å². The minimum absolute atomic E-state index is 0.375. The van der Waals surface area contributed by atoms with Gasteiger partial charge in [-0.15, -0.1) is 0 Å². The molecule has 1 aliphatic heterocycles. The lowest BCUT2D eigenvalue weighted by molar-refractivity contribution is 0.1000. The highest BCUT2D eigenvalue weighted by Gasteiger charge is 2.29. The van der Waals surface area contributed by atoms with Crippen molar-refractivity contribution in [1.82, 2.24) is 0 Å². The summed E-state index contributed by atoms with van der Waals surface area (Å²) in [6.45, 7) is 2.96. The Morgan fingerprint density at radius 2 is 2.15 bits per heavy atom. The van der Waals surface area contributed by atoms with Crippen LogP contribution in [0.15, 0.2) is 23.2 Å². The van der Waals surface area contributed by atoms with Gasteiger partial charge in [-0.3, -0.25) is 9.79 Å². The van der Waals surface area contributed by atoms with Gasteiger partial charge in [0, 0.05) is 17.3 Å². The summed E-state index contributed by atoms with van der Waals surface area (Å²) in [5.74, 6) is 0.303. The monoisotopic (exact) mass is 271 g/mol. The molecule has 1 fully saturated rings. The fraction of sp³-hybridized carbons (Fsp3) is 0.500. The highest BCUT2D eigenvalue weighted by molar-refractivity contribution is 5.94. The molecule has 0 saturated heterocycles. The number of amides is 1. The van der Waals surface area contributed by atoms with Crippen LogP contribution in [0.4, 0.5) is 5.69 Å². The van der Waals surface area contributed by atoms with E-state index in [2.05, 4.69) is 16.8 Å². The lowest BCUT2D eigenvalue weighted by atomic mass is 9.84. The molecular weight excluding hydrogens is 250 g/mol. The number of carbonyl (C=O) groups is 1. The molecule has 4 heteroatoms. The van der Waals surface area contributed by atoms with E-state index < -0.39 is 0 Å². The Kier molecular flexibility index (Phi) is 3.47. The van der Waals surface area contributed by atoms with E-state index in [9.17, 15) is 4.79 Å². The molecule has 0 radical (unpaired) electrons. The number of primary amides is 1. The van der Waals surface area contributed by atoms with Gasteiger partial charge in [-0.2, -0.15) is 0 Å². The molecule has 1 aliphatic carbocycles. The number of anilines is 1. The van der Waals surface area contributed by atoms with Crippen LogP contribution in [0.2, 0.25) is 0 Å². The van der Waals surface area contributed by atoms with Gasteiger partial charge in [-0.05, 0) is 42.5 Å². The van der Waals surface area contributed by atoms with Crippen molar-refractivity contribution < 1.29 is 4.79 Å². The maximum atomic E-state index is 11.3. The normalized spacial score (nSPS) is 25.4. The lowest BCUT2D eigenvalue weighted by Crippen LogP contribution is -2.42. The molecule has 2 N–H and O–H groups in total. The van der Waals surface area contributed by atoms with Crippen LogP contribution in [0.25, 0.3) is 0 Å². The molecule has 0 spiro atoms. The maximum absolute atomic E-state index is 11.3. The third-order valence-corrected chi connectivity index (χ3v) is 4.53. The summed E-state index contributed by atoms with van der Waals surface area (Å²) in [7, 11) is 0. The van der Waals surface area contributed by atoms with E-state index in [1.54, 1.807) is 0 Å². The minimum atomic E-state index is -0.375. The predicted molar refractivity (Wildman–Crippen MR) is 81.1 cm³/mol. The van der Waals surface area contributed by atoms with Crippen molar-refractivity contribution in [2.45, 2.75) is 45.2 Å². The number of carbonyl (C=O) groups excluding carboxylic acids is 1. The number of hydrogen-bond donors (Lipinski definition) is 1. The molecule has 1 saturated carbocycles. The van der Waals surface area contributed by atoms with Crippen LogP contribution >= 0.6 is 0 Å². The summed E-state index contributed by atoms with van der Waals surface area (Å²) < 4.78 is 0. The van der Waals surface area contributed by atoms with Crippen LogP contribution in [0.5, 0.6) is 0 Å². The molecule has 1 aromatic rings. The molecule has 2 unspecified atom stereocenters. The first kappa shape index (κ1) is 13.2. The molecule has 1 aromatic carbocycles. The van der Waals surface area contributed by atoms with Gasteiger partial charge in [0.2, 0.25) is 5.91 Å². The second kappa shape index (κ2) is 5.27. The smallest absolute Gasteiger partial charge is 0.248 e. The highest BCUT2D eigenvalue weighted by atomic mass is 16.1. The third kappa shape index (κ3) is 2.30. The van der Waals surface area contributed by atoms with Gasteiger partial charge < -0.3 is 10.6 Å². The first-order chi connectivity index (χ1) is 9.66. The van der Waals surface area contributed by atoms with Crippen LogP contribution < -0.4 is 10.6 Å². The van der Waals surface area contributed by atoms with E-state index >= 15 is 0 Å². The van der Waals surface area contributed by atoms with Gasteiger partial charge in [-0.1, -0.05) is 19.8 Å². The van der Waals surface area contributed by atoms with Crippen LogP contribution in [-0.2, 0) is 6.54 Å². The molecule has 4 nitrogen and oxygen atoms in total. The van der Waals surface area contributed by atoms with Gasteiger partial charge in [-0.25, -0.2) is 0 Å². The van der Waals surface area contributed by atoms with Crippen LogP contribution in [0.3, 0.4) is 0 Å². The van der Waals surface area contributed by atoms with Crippen molar-refractivity contribution in [2.75, 3.05) is 4.90 Å². The van der Waals surface area contributed by atoms with Gasteiger partial charge in [0.1, 0.15) is 0 Å². The SMILES string of the molecule is CC1CCCCC1N1C=NCc2cc(C(N)=O)ccc21. The Hall–Kier alpha value is -1.84. The summed E-state index contributed by atoms with van der Waals surface area (Å²) in [6, 6.07) is 6.24. The summed E-state index contributed by atoms with van der Waals surface area (Å²) in [6.07, 6.45) is 7.08. The fourth-order valence-corrected chi connectivity index (χ4v) is 3.38. The first-order valence-corrected chi connectivity index (χ1v) is 7.38. The molecule has 2 aliphatic rings. The molecule has 0 bridgehead atoms. The third-order valence-electron chi connectivity index (χ3n) is 4.53. The Labute approximate surface area is 119 Å². The predicted octanol–water partition coefficient (Wildman–Crippen LogP) is 2.71. The first-order valence-electron chi connectivity index (χ1n) is 7.38. The van der Waals surface area contributed by atoms with E-state index in [1.165, 1.54) is 31.4 Å². The zero-order valence-electron chi connectivity index (χ0n) is 11.9. The molecule has 20 heavy (non-hydrogen) atoms. The standard InChI is InChI=1S/C16H21N3O/c1-11-4-2-3-5-14(11)19-10-18-9-13-8-12(16(17)20)6-7-15(13)19/h6-8,10-11,14H,2-5,9H2,1H3,(H2,17,20). The lowest BCUT2D eigenvalue weighted by Gasteiger charge is -2.39. The number of benzene rings is 1. The molecule has 1 amide bonds. The van der Waals surface area contributed by atoms with Crippen molar-refractivity contribution in [3.8, 4) is 0 Å². The van der Waals surface area contributed by atoms with Gasteiger partial charge in [0.15, 0.2) is 0 Å².